The molecule has 1 aliphatic carbocycles. The van der Waals surface area contributed by atoms with E-state index in [0.29, 0.717) is 18.6 Å². The Labute approximate surface area is 95.4 Å². The summed E-state index contributed by atoms with van der Waals surface area (Å²) in [5.41, 5.74) is 0. The fourth-order valence-corrected chi connectivity index (χ4v) is 2.18. The Balaban J connectivity index is 2.55. The maximum absolute atomic E-state index is 6.18. The van der Waals surface area contributed by atoms with Gasteiger partial charge in [-0.05, 0) is 30.6 Å². The van der Waals surface area contributed by atoms with Crippen molar-refractivity contribution < 1.29 is 4.65 Å². The van der Waals surface area contributed by atoms with Gasteiger partial charge < -0.3 is 4.65 Å². The SMILES string of the molecule is CCC(C)B(OC1=CCCC1)C(C)CC. The van der Waals surface area contributed by atoms with Gasteiger partial charge >= 0.3 is 6.92 Å². The van der Waals surface area contributed by atoms with Gasteiger partial charge in [-0.15, -0.1) is 0 Å². The maximum Gasteiger partial charge on any atom is 0.362 e. The second-order valence-corrected chi connectivity index (χ2v) is 4.92. The first-order chi connectivity index (χ1) is 7.19. The molecule has 0 aromatic rings. The second kappa shape index (κ2) is 6.24. The zero-order valence-corrected chi connectivity index (χ0v) is 10.8. The Morgan fingerprint density at radius 2 is 1.87 bits per heavy atom. The second-order valence-electron chi connectivity index (χ2n) is 4.92. The van der Waals surface area contributed by atoms with Gasteiger partial charge in [-0.1, -0.05) is 40.5 Å². The summed E-state index contributed by atoms with van der Waals surface area (Å²) in [7, 11) is 0. The highest BCUT2D eigenvalue weighted by Gasteiger charge is 2.30. The van der Waals surface area contributed by atoms with Gasteiger partial charge in [0.2, 0.25) is 0 Å². The Hall–Kier alpha value is -0.395. The molecule has 2 atom stereocenters. The van der Waals surface area contributed by atoms with Crippen LogP contribution in [-0.2, 0) is 4.65 Å². The van der Waals surface area contributed by atoms with Crippen LogP contribution in [0.4, 0.5) is 0 Å². The maximum atomic E-state index is 6.18. The lowest BCUT2D eigenvalue weighted by Gasteiger charge is -2.26. The minimum atomic E-state index is 0.421. The van der Waals surface area contributed by atoms with E-state index in [0.717, 1.165) is 6.42 Å². The Bertz CT molecular complexity index is 203. The number of rotatable bonds is 6. The molecule has 1 rings (SSSR count). The van der Waals surface area contributed by atoms with Crippen molar-refractivity contribution in [3.05, 3.63) is 11.8 Å². The normalized spacial score (nSPS) is 19.6. The summed E-state index contributed by atoms with van der Waals surface area (Å²) in [5.74, 6) is 2.59. The molecule has 0 aromatic carbocycles. The summed E-state index contributed by atoms with van der Waals surface area (Å²) in [5, 5.41) is 0. The van der Waals surface area contributed by atoms with Crippen LogP contribution in [0, 0.1) is 0 Å². The molecule has 0 amide bonds. The van der Waals surface area contributed by atoms with E-state index >= 15 is 0 Å². The Morgan fingerprint density at radius 3 is 2.27 bits per heavy atom. The molecule has 86 valence electrons. The van der Waals surface area contributed by atoms with Crippen molar-refractivity contribution >= 4 is 6.92 Å². The van der Waals surface area contributed by atoms with Crippen molar-refractivity contribution in [2.75, 3.05) is 0 Å². The van der Waals surface area contributed by atoms with Gasteiger partial charge in [0.25, 0.3) is 0 Å². The van der Waals surface area contributed by atoms with E-state index in [-0.39, 0.29) is 0 Å². The van der Waals surface area contributed by atoms with Crippen LogP contribution in [0.3, 0.4) is 0 Å². The van der Waals surface area contributed by atoms with Gasteiger partial charge in [-0.3, -0.25) is 0 Å². The van der Waals surface area contributed by atoms with Crippen molar-refractivity contribution in [3.63, 3.8) is 0 Å². The molecular formula is C13H25BO. The van der Waals surface area contributed by atoms with Crippen molar-refractivity contribution in [3.8, 4) is 0 Å². The van der Waals surface area contributed by atoms with Crippen LogP contribution >= 0.6 is 0 Å². The molecule has 0 spiro atoms. The fraction of sp³-hybridized carbons (Fsp3) is 0.846. The lowest BCUT2D eigenvalue weighted by molar-refractivity contribution is 0.391. The first-order valence-corrected chi connectivity index (χ1v) is 6.54. The summed E-state index contributed by atoms with van der Waals surface area (Å²) in [4.78, 5) is 0. The molecule has 0 saturated heterocycles. The van der Waals surface area contributed by atoms with Crippen LogP contribution in [0.15, 0.2) is 11.8 Å². The average molecular weight is 208 g/mol. The largest absolute Gasteiger partial charge is 0.563 e. The lowest BCUT2D eigenvalue weighted by atomic mass is 9.46. The Morgan fingerprint density at radius 1 is 1.27 bits per heavy atom. The molecular weight excluding hydrogens is 183 g/mol. The highest BCUT2D eigenvalue weighted by Crippen LogP contribution is 2.31. The molecule has 0 bridgehead atoms. The van der Waals surface area contributed by atoms with Crippen molar-refractivity contribution in [1.29, 1.82) is 0 Å². The molecule has 0 radical (unpaired) electrons. The average Bonchev–Trinajstić information content (AvgIpc) is 2.76. The van der Waals surface area contributed by atoms with Crippen molar-refractivity contribution in [2.24, 2.45) is 0 Å². The standard InChI is InChI=1S/C13H25BO/c1-5-11(3)14(12(4)6-2)15-13-9-7-8-10-13/h9,11-12H,5-8,10H2,1-4H3. The summed E-state index contributed by atoms with van der Waals surface area (Å²) < 4.78 is 6.18. The summed E-state index contributed by atoms with van der Waals surface area (Å²) in [6, 6.07) is 0. The number of hydrogen-bond acceptors (Lipinski definition) is 1. The third-order valence-electron chi connectivity index (χ3n) is 3.70. The molecule has 2 heteroatoms. The van der Waals surface area contributed by atoms with Crippen LogP contribution in [0.5, 0.6) is 0 Å². The monoisotopic (exact) mass is 208 g/mol. The van der Waals surface area contributed by atoms with E-state index in [1.54, 1.807) is 0 Å². The molecule has 0 saturated carbocycles. The summed E-state index contributed by atoms with van der Waals surface area (Å²) >= 11 is 0. The van der Waals surface area contributed by atoms with Gasteiger partial charge in [-0.25, -0.2) is 0 Å². The third-order valence-corrected chi connectivity index (χ3v) is 3.70. The molecule has 2 unspecified atom stereocenters. The minimum absolute atomic E-state index is 0.421. The first kappa shape index (κ1) is 12.7. The van der Waals surface area contributed by atoms with Crippen LogP contribution < -0.4 is 0 Å². The molecule has 0 N–H and O–H groups in total. The summed E-state index contributed by atoms with van der Waals surface area (Å²) in [6.07, 6.45) is 8.35. The highest BCUT2D eigenvalue weighted by molar-refractivity contribution is 6.55. The predicted molar refractivity (Wildman–Crippen MR) is 68.2 cm³/mol. The summed E-state index contributed by atoms with van der Waals surface area (Å²) in [6.45, 7) is 9.56. The van der Waals surface area contributed by atoms with Gasteiger partial charge in [0.05, 0.1) is 5.76 Å². The van der Waals surface area contributed by atoms with Crippen LogP contribution in [-0.4, -0.2) is 6.92 Å². The van der Waals surface area contributed by atoms with E-state index < -0.39 is 0 Å². The third kappa shape index (κ3) is 3.59. The molecule has 0 heterocycles. The molecule has 0 aromatic heterocycles. The molecule has 1 aliphatic rings. The van der Waals surface area contributed by atoms with Crippen LogP contribution in [0.2, 0.25) is 11.6 Å². The van der Waals surface area contributed by atoms with Gasteiger partial charge in [-0.2, -0.15) is 0 Å². The van der Waals surface area contributed by atoms with Gasteiger partial charge in [0.1, 0.15) is 0 Å². The number of hydrogen-bond donors (Lipinski definition) is 0. The zero-order chi connectivity index (χ0) is 11.3. The highest BCUT2D eigenvalue weighted by atomic mass is 16.4. The van der Waals surface area contributed by atoms with Crippen molar-refractivity contribution in [2.45, 2.75) is 71.4 Å². The smallest absolute Gasteiger partial charge is 0.362 e. The molecule has 0 fully saturated rings. The van der Waals surface area contributed by atoms with Gasteiger partial charge in [0.15, 0.2) is 0 Å². The van der Waals surface area contributed by atoms with E-state index in [1.165, 1.54) is 31.4 Å². The van der Waals surface area contributed by atoms with Crippen molar-refractivity contribution in [1.82, 2.24) is 0 Å². The van der Waals surface area contributed by atoms with E-state index in [1.807, 2.05) is 0 Å². The van der Waals surface area contributed by atoms with Gasteiger partial charge in [0, 0.05) is 6.42 Å². The number of allylic oxidation sites excluding steroid dienone is 2. The van der Waals surface area contributed by atoms with Crippen LogP contribution in [0.25, 0.3) is 0 Å². The molecule has 1 nitrogen and oxygen atoms in total. The van der Waals surface area contributed by atoms with Crippen LogP contribution in [0.1, 0.15) is 59.8 Å². The quantitative estimate of drug-likeness (QED) is 0.576. The lowest BCUT2D eigenvalue weighted by Crippen LogP contribution is -2.27. The minimum Gasteiger partial charge on any atom is -0.563 e. The topological polar surface area (TPSA) is 9.23 Å². The molecule has 0 aliphatic heterocycles. The predicted octanol–water partition coefficient (Wildman–Crippen LogP) is 4.66. The Kier molecular flexibility index (Phi) is 5.28. The zero-order valence-electron chi connectivity index (χ0n) is 10.8. The first-order valence-electron chi connectivity index (χ1n) is 6.54. The van der Waals surface area contributed by atoms with E-state index in [9.17, 15) is 0 Å². The molecule has 15 heavy (non-hydrogen) atoms. The van der Waals surface area contributed by atoms with E-state index in [2.05, 4.69) is 33.8 Å². The fourth-order valence-electron chi connectivity index (χ4n) is 2.18. The van der Waals surface area contributed by atoms with E-state index in [4.69, 9.17) is 4.65 Å².